The Morgan fingerprint density at radius 1 is 1.53 bits per heavy atom. The summed E-state index contributed by atoms with van der Waals surface area (Å²) in [6.07, 6.45) is 3.49. The number of aromatic nitrogens is 2. The Hall–Kier alpha value is -1.04. The predicted molar refractivity (Wildman–Crippen MR) is 65.8 cm³/mol. The fraction of sp³-hybridized carbons (Fsp3) is 0.727. The standard InChI is InChI=1S/C11H18N2O3S/c1-4-6-8(11(14)15-5-2)10-12-9(7-17-3)13-16-10/h8H,4-7H2,1-3H3. The molecule has 0 saturated carbocycles. The van der Waals surface area contributed by atoms with Crippen molar-refractivity contribution in [2.24, 2.45) is 0 Å². The zero-order valence-electron chi connectivity index (χ0n) is 10.4. The summed E-state index contributed by atoms with van der Waals surface area (Å²) in [7, 11) is 0. The molecule has 1 rings (SSSR count). The first-order valence-electron chi connectivity index (χ1n) is 5.70. The molecule has 1 unspecified atom stereocenters. The lowest BCUT2D eigenvalue weighted by Crippen LogP contribution is -2.16. The molecule has 0 bridgehead atoms. The first-order chi connectivity index (χ1) is 8.22. The zero-order chi connectivity index (χ0) is 12.7. The number of carbonyl (C=O) groups is 1. The van der Waals surface area contributed by atoms with Crippen LogP contribution in [0, 0.1) is 0 Å². The van der Waals surface area contributed by atoms with Crippen LogP contribution in [-0.2, 0) is 15.3 Å². The van der Waals surface area contributed by atoms with Crippen molar-refractivity contribution < 1.29 is 14.1 Å². The van der Waals surface area contributed by atoms with Gasteiger partial charge in [0, 0.05) is 0 Å². The van der Waals surface area contributed by atoms with Crippen LogP contribution >= 0.6 is 11.8 Å². The summed E-state index contributed by atoms with van der Waals surface area (Å²) in [5.41, 5.74) is 0. The normalized spacial score (nSPS) is 12.4. The highest BCUT2D eigenvalue weighted by Gasteiger charge is 2.27. The van der Waals surface area contributed by atoms with Crippen LogP contribution in [-0.4, -0.2) is 29.0 Å². The van der Waals surface area contributed by atoms with Gasteiger partial charge in [0.1, 0.15) is 5.92 Å². The number of ether oxygens (including phenoxy) is 1. The van der Waals surface area contributed by atoms with Gasteiger partial charge in [-0.3, -0.25) is 4.79 Å². The summed E-state index contributed by atoms with van der Waals surface area (Å²) in [6.45, 7) is 4.16. The molecule has 5 nitrogen and oxygen atoms in total. The van der Waals surface area contributed by atoms with Gasteiger partial charge < -0.3 is 9.26 Å². The molecule has 0 radical (unpaired) electrons. The number of carbonyl (C=O) groups excluding carboxylic acids is 1. The molecule has 0 aliphatic carbocycles. The Balaban J connectivity index is 2.77. The summed E-state index contributed by atoms with van der Waals surface area (Å²) in [4.78, 5) is 16.0. The summed E-state index contributed by atoms with van der Waals surface area (Å²) in [5.74, 6) is 0.967. The van der Waals surface area contributed by atoms with Crippen LogP contribution in [0.3, 0.4) is 0 Å². The van der Waals surface area contributed by atoms with E-state index in [1.807, 2.05) is 13.2 Å². The number of thioether (sulfide) groups is 1. The van der Waals surface area contributed by atoms with Crippen LogP contribution in [0.4, 0.5) is 0 Å². The van der Waals surface area contributed by atoms with E-state index in [-0.39, 0.29) is 5.97 Å². The Labute approximate surface area is 105 Å². The minimum atomic E-state index is -0.428. The Morgan fingerprint density at radius 3 is 2.88 bits per heavy atom. The highest BCUT2D eigenvalue weighted by atomic mass is 32.2. The quantitative estimate of drug-likeness (QED) is 0.700. The molecule has 0 N–H and O–H groups in total. The van der Waals surface area contributed by atoms with Crippen molar-refractivity contribution in [3.05, 3.63) is 11.7 Å². The van der Waals surface area contributed by atoms with Crippen molar-refractivity contribution in [3.8, 4) is 0 Å². The van der Waals surface area contributed by atoms with E-state index >= 15 is 0 Å². The number of hydrogen-bond donors (Lipinski definition) is 0. The first-order valence-corrected chi connectivity index (χ1v) is 7.10. The number of rotatable bonds is 7. The maximum absolute atomic E-state index is 11.7. The van der Waals surface area contributed by atoms with Gasteiger partial charge in [-0.05, 0) is 19.6 Å². The SMILES string of the molecule is CCCC(C(=O)OCC)c1nc(CSC)no1. The zero-order valence-corrected chi connectivity index (χ0v) is 11.2. The van der Waals surface area contributed by atoms with Crippen molar-refractivity contribution in [1.29, 1.82) is 0 Å². The minimum absolute atomic E-state index is 0.284. The van der Waals surface area contributed by atoms with Crippen LogP contribution in [0.15, 0.2) is 4.52 Å². The molecule has 1 heterocycles. The molecule has 0 aromatic carbocycles. The van der Waals surface area contributed by atoms with Crippen LogP contribution < -0.4 is 0 Å². The molecular formula is C11H18N2O3S. The van der Waals surface area contributed by atoms with Gasteiger partial charge in [-0.15, -0.1) is 0 Å². The van der Waals surface area contributed by atoms with Crippen molar-refractivity contribution >= 4 is 17.7 Å². The molecule has 1 atom stereocenters. The summed E-state index contributed by atoms with van der Waals surface area (Å²) >= 11 is 1.61. The second kappa shape index (κ2) is 7.32. The first kappa shape index (κ1) is 14.0. The van der Waals surface area contributed by atoms with Gasteiger partial charge in [0.05, 0.1) is 12.4 Å². The highest BCUT2D eigenvalue weighted by molar-refractivity contribution is 7.97. The average Bonchev–Trinajstić information content (AvgIpc) is 2.75. The summed E-state index contributed by atoms with van der Waals surface area (Å²) < 4.78 is 10.1. The molecule has 0 aliphatic rings. The Morgan fingerprint density at radius 2 is 2.29 bits per heavy atom. The van der Waals surface area contributed by atoms with E-state index < -0.39 is 5.92 Å². The third kappa shape index (κ3) is 4.03. The Kier molecular flexibility index (Phi) is 6.04. The third-order valence-electron chi connectivity index (χ3n) is 2.20. The molecule has 0 spiro atoms. The van der Waals surface area contributed by atoms with Gasteiger partial charge in [0.2, 0.25) is 5.89 Å². The van der Waals surface area contributed by atoms with Gasteiger partial charge in [0.15, 0.2) is 5.82 Å². The van der Waals surface area contributed by atoms with E-state index in [4.69, 9.17) is 9.26 Å². The highest BCUT2D eigenvalue weighted by Crippen LogP contribution is 2.22. The van der Waals surface area contributed by atoms with E-state index in [2.05, 4.69) is 10.1 Å². The van der Waals surface area contributed by atoms with Gasteiger partial charge >= 0.3 is 5.97 Å². The van der Waals surface area contributed by atoms with Crippen LogP contribution in [0.2, 0.25) is 0 Å². The smallest absolute Gasteiger partial charge is 0.318 e. The van der Waals surface area contributed by atoms with E-state index in [1.54, 1.807) is 18.7 Å². The molecule has 6 heteroatoms. The number of hydrogen-bond acceptors (Lipinski definition) is 6. The fourth-order valence-corrected chi connectivity index (χ4v) is 1.85. The number of nitrogens with zero attached hydrogens (tertiary/aromatic N) is 2. The van der Waals surface area contributed by atoms with E-state index in [0.717, 1.165) is 6.42 Å². The lowest BCUT2D eigenvalue weighted by Gasteiger charge is -2.09. The molecular weight excluding hydrogens is 240 g/mol. The fourth-order valence-electron chi connectivity index (χ4n) is 1.47. The second-order valence-electron chi connectivity index (χ2n) is 3.58. The van der Waals surface area contributed by atoms with Crippen LogP contribution in [0.1, 0.15) is 44.3 Å². The van der Waals surface area contributed by atoms with E-state index in [1.165, 1.54) is 0 Å². The molecule has 17 heavy (non-hydrogen) atoms. The molecule has 0 aliphatic heterocycles. The topological polar surface area (TPSA) is 65.2 Å². The maximum atomic E-state index is 11.7. The molecule has 0 saturated heterocycles. The summed E-state index contributed by atoms with van der Waals surface area (Å²) in [5, 5.41) is 3.84. The van der Waals surface area contributed by atoms with E-state index in [0.29, 0.717) is 30.5 Å². The third-order valence-corrected chi connectivity index (χ3v) is 2.75. The Bertz CT molecular complexity index is 354. The van der Waals surface area contributed by atoms with E-state index in [9.17, 15) is 4.79 Å². The monoisotopic (exact) mass is 258 g/mol. The van der Waals surface area contributed by atoms with Gasteiger partial charge in [0.25, 0.3) is 0 Å². The van der Waals surface area contributed by atoms with Crippen molar-refractivity contribution in [2.45, 2.75) is 38.4 Å². The predicted octanol–water partition coefficient (Wildman–Crippen LogP) is 2.38. The maximum Gasteiger partial charge on any atom is 0.318 e. The van der Waals surface area contributed by atoms with Gasteiger partial charge in [-0.2, -0.15) is 16.7 Å². The van der Waals surface area contributed by atoms with Crippen molar-refractivity contribution in [2.75, 3.05) is 12.9 Å². The molecule has 96 valence electrons. The minimum Gasteiger partial charge on any atom is -0.465 e. The van der Waals surface area contributed by atoms with Crippen LogP contribution in [0.25, 0.3) is 0 Å². The van der Waals surface area contributed by atoms with Crippen LogP contribution in [0.5, 0.6) is 0 Å². The van der Waals surface area contributed by atoms with Gasteiger partial charge in [-0.25, -0.2) is 0 Å². The van der Waals surface area contributed by atoms with Gasteiger partial charge in [-0.1, -0.05) is 18.5 Å². The van der Waals surface area contributed by atoms with Crippen molar-refractivity contribution in [1.82, 2.24) is 10.1 Å². The summed E-state index contributed by atoms with van der Waals surface area (Å²) in [6, 6.07) is 0. The molecule has 0 amide bonds. The van der Waals surface area contributed by atoms with Crippen molar-refractivity contribution in [3.63, 3.8) is 0 Å². The largest absolute Gasteiger partial charge is 0.465 e. The second-order valence-corrected chi connectivity index (χ2v) is 4.44. The molecule has 1 aromatic rings. The lowest BCUT2D eigenvalue weighted by molar-refractivity contribution is -0.145. The molecule has 1 aromatic heterocycles. The average molecular weight is 258 g/mol. The molecule has 0 fully saturated rings. The number of esters is 1. The lowest BCUT2D eigenvalue weighted by atomic mass is 10.0.